The molecule has 0 amide bonds. The van der Waals surface area contributed by atoms with Crippen molar-refractivity contribution in [2.75, 3.05) is 0 Å². The molecule has 0 N–H and O–H groups in total. The van der Waals surface area contributed by atoms with E-state index in [1.54, 1.807) is 0 Å². The minimum Gasteiger partial charge on any atom is -0.0623 e. The van der Waals surface area contributed by atoms with Crippen molar-refractivity contribution in [2.45, 2.75) is 6.92 Å². The molecule has 65 heavy (non-hydrogen) atoms. The van der Waals surface area contributed by atoms with E-state index in [0.29, 0.717) is 0 Å². The van der Waals surface area contributed by atoms with Gasteiger partial charge in [-0.3, -0.25) is 0 Å². The average molecular weight is 853 g/mol. The number of hydrogen-bond donors (Lipinski definition) is 0. The summed E-state index contributed by atoms with van der Waals surface area (Å²) < 4.78 is 0. The minimum atomic E-state index is -2.63. The van der Waals surface area contributed by atoms with Crippen molar-refractivity contribution >= 4 is 79.2 Å². The van der Waals surface area contributed by atoms with Gasteiger partial charge < -0.3 is 0 Å². The minimum absolute atomic E-state index is 1.27. The predicted molar refractivity (Wildman–Crippen MR) is 280 cm³/mol. The second kappa shape index (κ2) is 12.8. The maximum absolute atomic E-state index is 2.63. The lowest BCUT2D eigenvalue weighted by Crippen LogP contribution is -2.70. The van der Waals surface area contributed by atoms with Gasteiger partial charge in [0.05, 0.1) is 0 Å². The van der Waals surface area contributed by atoms with Gasteiger partial charge in [-0.2, -0.15) is 0 Å². The van der Waals surface area contributed by atoms with Crippen molar-refractivity contribution in [2.24, 2.45) is 0 Å². The first-order chi connectivity index (χ1) is 32.2. The SMILES string of the molecule is Cc1ccc2c(-c3ccc4c(c3)[Si]3(c5ccccc5-c5ccccc53)c3ccccc3-4)c3ccccc3c(-c3ccc4c(c3)[Si]3(c5ccccc5-c5ccccc53)c3ccccc3-4)c2c1. The van der Waals surface area contributed by atoms with Crippen LogP contribution in [0.2, 0.25) is 0 Å². The molecule has 2 spiro atoms. The van der Waals surface area contributed by atoms with Gasteiger partial charge in [0.15, 0.2) is 16.1 Å². The molecule has 300 valence electrons. The number of benzene rings is 11. The van der Waals surface area contributed by atoms with E-state index in [9.17, 15) is 0 Å². The van der Waals surface area contributed by atoms with Gasteiger partial charge in [-0.25, -0.2) is 0 Å². The van der Waals surface area contributed by atoms with Crippen LogP contribution in [-0.2, 0) is 0 Å². The maximum atomic E-state index is 2.63. The summed E-state index contributed by atoms with van der Waals surface area (Å²) in [6.45, 7) is 2.25. The third kappa shape index (κ3) is 4.32. The molecule has 0 radical (unpaired) electrons. The van der Waals surface area contributed by atoms with Crippen LogP contribution in [0.3, 0.4) is 0 Å². The first-order valence-corrected chi connectivity index (χ1v) is 27.0. The molecule has 0 bridgehead atoms. The molecule has 0 saturated carbocycles. The lowest BCUT2D eigenvalue weighted by atomic mass is 9.85. The number of fused-ring (bicyclic) bond motifs is 22. The van der Waals surface area contributed by atoms with Crippen LogP contribution in [0.25, 0.3) is 88.3 Å². The Morgan fingerprint density at radius 3 is 0.892 bits per heavy atom. The number of aryl methyl sites for hydroxylation is 1. The molecular formula is C63H40Si2. The Bertz CT molecular complexity index is 3800. The predicted octanol–water partition coefficient (Wildman–Crippen LogP) is 10.3. The second-order valence-corrected chi connectivity index (χ2v) is 25.9. The monoisotopic (exact) mass is 852 g/mol. The molecule has 15 rings (SSSR count). The van der Waals surface area contributed by atoms with E-state index >= 15 is 0 Å². The van der Waals surface area contributed by atoms with E-state index in [1.165, 1.54) is 135 Å². The van der Waals surface area contributed by atoms with Gasteiger partial charge in [-0.1, -0.05) is 230 Å². The standard InChI is InChI=1S/C63H40Si2/c1-39-30-33-52-53(36-39)63(41-32-35-49-47-21-9-15-29-59(47)65(61(49)38-41)56-26-12-6-18-44(56)45-19-7-13-27-57(45)65)51-23-3-2-22-50(51)62(52)40-31-34-48-46-20-8-14-28-58(46)64(60(48)37-40)54-24-10-4-16-42(54)43-17-5-11-25-55(43)64/h2-38H,1H3. The van der Waals surface area contributed by atoms with Gasteiger partial charge in [0, 0.05) is 0 Å². The summed E-state index contributed by atoms with van der Waals surface area (Å²) >= 11 is 0. The van der Waals surface area contributed by atoms with E-state index in [0.717, 1.165) is 0 Å². The second-order valence-electron chi connectivity index (χ2n) is 18.6. The van der Waals surface area contributed by atoms with Crippen molar-refractivity contribution in [1.82, 2.24) is 0 Å². The lowest BCUT2D eigenvalue weighted by molar-refractivity contribution is 1.51. The van der Waals surface area contributed by atoms with Crippen molar-refractivity contribution in [1.29, 1.82) is 0 Å². The molecule has 0 unspecified atom stereocenters. The van der Waals surface area contributed by atoms with Crippen LogP contribution < -0.4 is 41.5 Å². The zero-order chi connectivity index (χ0) is 42.6. The van der Waals surface area contributed by atoms with Gasteiger partial charge in [-0.15, -0.1) is 0 Å². The zero-order valence-electron chi connectivity index (χ0n) is 35.9. The maximum Gasteiger partial charge on any atom is 0.182 e. The third-order valence-electron chi connectivity index (χ3n) is 15.8. The molecule has 0 aliphatic carbocycles. The quantitative estimate of drug-likeness (QED) is 0.120. The Morgan fingerprint density at radius 1 is 0.231 bits per heavy atom. The van der Waals surface area contributed by atoms with E-state index in [2.05, 4.69) is 231 Å². The smallest absolute Gasteiger partial charge is 0.0623 e. The molecule has 4 heterocycles. The van der Waals surface area contributed by atoms with Crippen LogP contribution in [-0.4, -0.2) is 16.1 Å². The van der Waals surface area contributed by atoms with E-state index < -0.39 is 16.1 Å². The summed E-state index contributed by atoms with van der Waals surface area (Å²) in [5.74, 6) is 0. The van der Waals surface area contributed by atoms with Crippen LogP contribution >= 0.6 is 0 Å². The van der Waals surface area contributed by atoms with Crippen molar-refractivity contribution in [3.63, 3.8) is 0 Å². The molecule has 0 atom stereocenters. The fourth-order valence-electron chi connectivity index (χ4n) is 13.4. The molecule has 4 aliphatic heterocycles. The summed E-state index contributed by atoms with van der Waals surface area (Å²) in [7, 11) is -5.25. The fourth-order valence-corrected chi connectivity index (χ4v) is 24.7. The van der Waals surface area contributed by atoms with Crippen LogP contribution in [0.1, 0.15) is 5.56 Å². The van der Waals surface area contributed by atoms with Crippen LogP contribution in [0.15, 0.2) is 224 Å². The van der Waals surface area contributed by atoms with Crippen molar-refractivity contribution < 1.29 is 0 Å². The number of rotatable bonds is 2. The third-order valence-corrected chi connectivity index (χ3v) is 25.7. The highest BCUT2D eigenvalue weighted by Crippen LogP contribution is 2.46. The van der Waals surface area contributed by atoms with Gasteiger partial charge in [0.1, 0.15) is 0 Å². The highest BCUT2D eigenvalue weighted by atomic mass is 28.3. The first kappa shape index (κ1) is 35.8. The van der Waals surface area contributed by atoms with Crippen LogP contribution in [0, 0.1) is 6.92 Å². The van der Waals surface area contributed by atoms with Gasteiger partial charge in [0.25, 0.3) is 0 Å². The molecular weight excluding hydrogens is 813 g/mol. The molecule has 0 aromatic heterocycles. The normalized spacial score (nSPS) is 14.5. The molecule has 11 aromatic rings. The van der Waals surface area contributed by atoms with E-state index in [-0.39, 0.29) is 0 Å². The molecule has 0 fully saturated rings. The highest BCUT2D eigenvalue weighted by molar-refractivity contribution is 7.25. The topological polar surface area (TPSA) is 0 Å². The lowest BCUT2D eigenvalue weighted by Gasteiger charge is -2.28. The van der Waals surface area contributed by atoms with E-state index in [1.807, 2.05) is 0 Å². The molecule has 2 heteroatoms. The Balaban J connectivity index is 1.01. The van der Waals surface area contributed by atoms with Crippen LogP contribution in [0.5, 0.6) is 0 Å². The Hall–Kier alpha value is -7.63. The molecule has 0 saturated heterocycles. The van der Waals surface area contributed by atoms with Gasteiger partial charge in [0.2, 0.25) is 0 Å². The molecule has 0 nitrogen and oxygen atoms in total. The summed E-state index contributed by atoms with van der Waals surface area (Å²) in [6, 6.07) is 87.1. The first-order valence-electron chi connectivity index (χ1n) is 23.0. The number of hydrogen-bond acceptors (Lipinski definition) is 0. The Labute approximate surface area is 380 Å². The highest BCUT2D eigenvalue weighted by Gasteiger charge is 2.55. The summed E-state index contributed by atoms with van der Waals surface area (Å²) in [5.41, 5.74) is 17.6. The zero-order valence-corrected chi connectivity index (χ0v) is 37.9. The Morgan fingerprint density at radius 2 is 0.523 bits per heavy atom. The fraction of sp³-hybridized carbons (Fsp3) is 0.0159. The van der Waals surface area contributed by atoms with Gasteiger partial charge >= 0.3 is 0 Å². The summed E-state index contributed by atoms with van der Waals surface area (Å²) in [4.78, 5) is 0. The van der Waals surface area contributed by atoms with Crippen molar-refractivity contribution in [3.8, 4) is 66.8 Å². The largest absolute Gasteiger partial charge is 0.182 e. The van der Waals surface area contributed by atoms with E-state index in [4.69, 9.17) is 0 Å². The van der Waals surface area contributed by atoms with Crippen molar-refractivity contribution in [3.05, 3.63) is 230 Å². The summed E-state index contributed by atoms with van der Waals surface area (Å²) in [5, 5.41) is 17.3. The average Bonchev–Trinajstić information content (AvgIpc) is 4.04. The molecule has 4 aliphatic rings. The van der Waals surface area contributed by atoms with Gasteiger partial charge in [-0.05, 0) is 137 Å². The van der Waals surface area contributed by atoms with Crippen LogP contribution in [0.4, 0.5) is 0 Å². The summed E-state index contributed by atoms with van der Waals surface area (Å²) in [6.07, 6.45) is 0. The molecule has 11 aromatic carbocycles. The Kier molecular flexibility index (Phi) is 7.03.